The van der Waals surface area contributed by atoms with Gasteiger partial charge >= 0.3 is 11.9 Å². The molecule has 25 heavy (non-hydrogen) atoms. The minimum atomic E-state index is -1.32. The minimum Gasteiger partial charge on any atom is -0.506 e. The van der Waals surface area contributed by atoms with Gasteiger partial charge in [0.1, 0.15) is 30.0 Å². The molecule has 2 rings (SSSR count). The number of aromatic hydroxyl groups is 1. The highest BCUT2D eigenvalue weighted by Gasteiger charge is 2.24. The second kappa shape index (κ2) is 7.43. The number of carbonyl (C=O) groups is 3. The molecule has 2 heterocycles. The number of aliphatic carboxylic acids is 1. The van der Waals surface area contributed by atoms with Crippen LogP contribution in [-0.2, 0) is 20.9 Å². The van der Waals surface area contributed by atoms with Crippen LogP contribution in [-0.4, -0.2) is 50.8 Å². The molecule has 132 valence electrons. The summed E-state index contributed by atoms with van der Waals surface area (Å²) in [6.45, 7) is 0.446. The molecule has 0 saturated carbocycles. The SMILES string of the molecule is CCOC(=O)Cn1c(=O)c(C(=O)NCC(=O)O)c(O)c2cccnc21. The summed E-state index contributed by atoms with van der Waals surface area (Å²) in [7, 11) is 0. The van der Waals surface area contributed by atoms with Crippen molar-refractivity contribution < 1.29 is 29.3 Å². The second-order valence-corrected chi connectivity index (χ2v) is 4.87. The fourth-order valence-corrected chi connectivity index (χ4v) is 2.20. The highest BCUT2D eigenvalue weighted by atomic mass is 16.5. The smallest absolute Gasteiger partial charge is 0.326 e. The Bertz CT molecular complexity index is 904. The zero-order valence-corrected chi connectivity index (χ0v) is 13.2. The Labute approximate surface area is 140 Å². The van der Waals surface area contributed by atoms with E-state index in [0.29, 0.717) is 0 Å². The van der Waals surface area contributed by atoms with Crippen molar-refractivity contribution in [3.8, 4) is 5.75 Å². The van der Waals surface area contributed by atoms with E-state index in [4.69, 9.17) is 9.84 Å². The third-order valence-electron chi connectivity index (χ3n) is 3.21. The first kappa shape index (κ1) is 17.9. The Morgan fingerprint density at radius 3 is 2.72 bits per heavy atom. The number of carboxylic acids is 1. The van der Waals surface area contributed by atoms with Crippen molar-refractivity contribution >= 4 is 28.9 Å². The van der Waals surface area contributed by atoms with Crippen LogP contribution >= 0.6 is 0 Å². The van der Waals surface area contributed by atoms with Gasteiger partial charge in [0.15, 0.2) is 0 Å². The molecular formula is C15H15N3O7. The summed E-state index contributed by atoms with van der Waals surface area (Å²) >= 11 is 0. The van der Waals surface area contributed by atoms with Gasteiger partial charge in [0.2, 0.25) is 0 Å². The van der Waals surface area contributed by atoms with Crippen molar-refractivity contribution in [1.29, 1.82) is 0 Å². The van der Waals surface area contributed by atoms with Gasteiger partial charge in [-0.1, -0.05) is 0 Å². The lowest BCUT2D eigenvalue weighted by Gasteiger charge is -2.13. The van der Waals surface area contributed by atoms with Gasteiger partial charge < -0.3 is 20.3 Å². The summed E-state index contributed by atoms with van der Waals surface area (Å²) < 4.78 is 5.68. The maximum Gasteiger partial charge on any atom is 0.326 e. The van der Waals surface area contributed by atoms with Crippen LogP contribution < -0.4 is 10.9 Å². The fraction of sp³-hybridized carbons (Fsp3) is 0.267. The number of nitrogens with one attached hydrogen (secondary N) is 1. The molecule has 0 bridgehead atoms. The number of aromatic nitrogens is 2. The van der Waals surface area contributed by atoms with Crippen LogP contribution in [0.25, 0.3) is 11.0 Å². The summed E-state index contributed by atoms with van der Waals surface area (Å²) in [5, 5.41) is 20.9. The van der Waals surface area contributed by atoms with Gasteiger partial charge in [0.05, 0.1) is 12.0 Å². The summed E-state index contributed by atoms with van der Waals surface area (Å²) in [6.07, 6.45) is 1.35. The molecule has 0 unspecified atom stereocenters. The average molecular weight is 349 g/mol. The molecule has 0 spiro atoms. The molecule has 10 heteroatoms. The molecule has 0 fully saturated rings. The van der Waals surface area contributed by atoms with Gasteiger partial charge in [-0.15, -0.1) is 0 Å². The Morgan fingerprint density at radius 2 is 2.08 bits per heavy atom. The van der Waals surface area contributed by atoms with Gasteiger partial charge in [0.25, 0.3) is 11.5 Å². The lowest BCUT2D eigenvalue weighted by Crippen LogP contribution is -2.37. The number of nitrogens with zero attached hydrogens (tertiary/aromatic N) is 2. The van der Waals surface area contributed by atoms with Gasteiger partial charge in [-0.05, 0) is 19.1 Å². The van der Waals surface area contributed by atoms with Crippen molar-refractivity contribution in [1.82, 2.24) is 14.9 Å². The van der Waals surface area contributed by atoms with Crippen LogP contribution in [0.1, 0.15) is 17.3 Å². The van der Waals surface area contributed by atoms with Crippen LogP contribution in [0.5, 0.6) is 5.75 Å². The molecule has 2 aromatic heterocycles. The average Bonchev–Trinajstić information content (AvgIpc) is 2.57. The molecule has 0 saturated heterocycles. The van der Waals surface area contributed by atoms with Gasteiger partial charge in [0, 0.05) is 6.20 Å². The first-order valence-electron chi connectivity index (χ1n) is 7.22. The van der Waals surface area contributed by atoms with Crippen LogP contribution in [0, 0.1) is 0 Å². The van der Waals surface area contributed by atoms with E-state index in [2.05, 4.69) is 4.98 Å². The number of amides is 1. The largest absolute Gasteiger partial charge is 0.506 e. The zero-order chi connectivity index (χ0) is 18.6. The van der Waals surface area contributed by atoms with Gasteiger partial charge in [-0.2, -0.15) is 0 Å². The van der Waals surface area contributed by atoms with Crippen molar-refractivity contribution in [3.63, 3.8) is 0 Å². The summed E-state index contributed by atoms with van der Waals surface area (Å²) in [6, 6.07) is 2.88. The number of rotatable bonds is 6. The first-order chi connectivity index (χ1) is 11.9. The number of ether oxygens (including phenoxy) is 1. The zero-order valence-electron chi connectivity index (χ0n) is 13.2. The van der Waals surface area contributed by atoms with Gasteiger partial charge in [-0.3, -0.25) is 23.7 Å². The minimum absolute atomic E-state index is 0.00663. The maximum atomic E-state index is 12.6. The quantitative estimate of drug-likeness (QED) is 0.590. The van der Waals surface area contributed by atoms with E-state index in [1.165, 1.54) is 18.3 Å². The molecule has 2 aromatic rings. The number of fused-ring (bicyclic) bond motifs is 1. The third kappa shape index (κ3) is 3.74. The lowest BCUT2D eigenvalue weighted by molar-refractivity contribution is -0.143. The molecule has 1 amide bonds. The number of carboxylic acid groups (broad SMARTS) is 1. The van der Waals surface area contributed by atoms with Gasteiger partial charge in [-0.25, -0.2) is 4.98 Å². The van der Waals surface area contributed by atoms with Crippen molar-refractivity contribution in [2.24, 2.45) is 0 Å². The van der Waals surface area contributed by atoms with Crippen molar-refractivity contribution in [3.05, 3.63) is 34.2 Å². The normalized spacial score (nSPS) is 10.4. The number of hydrogen-bond acceptors (Lipinski definition) is 7. The lowest BCUT2D eigenvalue weighted by atomic mass is 10.1. The summed E-state index contributed by atoms with van der Waals surface area (Å²) in [5.41, 5.74) is -1.67. The van der Waals surface area contributed by atoms with Crippen LogP contribution in [0.15, 0.2) is 23.1 Å². The molecular weight excluding hydrogens is 334 g/mol. The van der Waals surface area contributed by atoms with Crippen molar-refractivity contribution in [2.45, 2.75) is 13.5 Å². The summed E-state index contributed by atoms with van der Waals surface area (Å²) in [5.74, 6) is -3.76. The summed E-state index contributed by atoms with van der Waals surface area (Å²) in [4.78, 5) is 51.0. The Hall–Kier alpha value is -3.43. The molecule has 0 aromatic carbocycles. The predicted molar refractivity (Wildman–Crippen MR) is 84.3 cm³/mol. The number of carbonyl (C=O) groups excluding carboxylic acids is 2. The third-order valence-corrected chi connectivity index (χ3v) is 3.21. The molecule has 0 atom stereocenters. The van der Waals surface area contributed by atoms with E-state index in [-0.39, 0.29) is 17.6 Å². The topological polar surface area (TPSA) is 148 Å². The Balaban J connectivity index is 2.62. The van der Waals surface area contributed by atoms with Crippen molar-refractivity contribution in [2.75, 3.05) is 13.2 Å². The van der Waals surface area contributed by atoms with E-state index in [1.807, 2.05) is 5.32 Å². The van der Waals surface area contributed by atoms with E-state index in [0.717, 1.165) is 4.57 Å². The number of esters is 1. The predicted octanol–water partition coefficient (Wildman–Crippen LogP) is -0.520. The molecule has 0 aliphatic carbocycles. The van der Waals surface area contributed by atoms with E-state index in [1.54, 1.807) is 6.92 Å². The highest BCUT2D eigenvalue weighted by molar-refractivity contribution is 6.02. The molecule has 3 N–H and O–H groups in total. The van der Waals surface area contributed by atoms with E-state index < -0.39 is 47.8 Å². The van der Waals surface area contributed by atoms with Crippen LogP contribution in [0.2, 0.25) is 0 Å². The highest BCUT2D eigenvalue weighted by Crippen LogP contribution is 2.24. The molecule has 0 radical (unpaired) electrons. The molecule has 0 aliphatic heterocycles. The molecule has 0 aliphatic rings. The standard InChI is InChI=1S/C15H15N3O7/c1-2-25-10(21)7-18-13-8(4-3-5-16-13)12(22)11(15(18)24)14(23)17-6-9(19)20/h3-5,22H,2,6-7H2,1H3,(H,17,23)(H,19,20). The Kier molecular flexibility index (Phi) is 5.32. The van der Waals surface area contributed by atoms with E-state index >= 15 is 0 Å². The Morgan fingerprint density at radius 1 is 1.36 bits per heavy atom. The maximum absolute atomic E-state index is 12.6. The monoisotopic (exact) mass is 349 g/mol. The second-order valence-electron chi connectivity index (χ2n) is 4.87. The molecule has 10 nitrogen and oxygen atoms in total. The fourth-order valence-electron chi connectivity index (χ4n) is 2.20. The van der Waals surface area contributed by atoms with E-state index in [9.17, 15) is 24.3 Å². The number of pyridine rings is 2. The van der Waals surface area contributed by atoms with Crippen LogP contribution in [0.4, 0.5) is 0 Å². The van der Waals surface area contributed by atoms with Crippen LogP contribution in [0.3, 0.4) is 0 Å². The number of hydrogen-bond donors (Lipinski definition) is 3. The first-order valence-corrected chi connectivity index (χ1v) is 7.22.